The van der Waals surface area contributed by atoms with Crippen molar-refractivity contribution in [3.8, 4) is 0 Å². The summed E-state index contributed by atoms with van der Waals surface area (Å²) in [5, 5.41) is 0. The summed E-state index contributed by atoms with van der Waals surface area (Å²) >= 11 is 0. The Balaban J connectivity index is 1.71. The van der Waals surface area contributed by atoms with E-state index in [0.717, 1.165) is 37.8 Å². The monoisotopic (exact) mass is 372 g/mol. The number of benzene rings is 1. The van der Waals surface area contributed by atoms with Crippen LogP contribution in [-0.4, -0.2) is 49.7 Å². The molecular formula is C17H22F2N2O3S. The molecule has 1 saturated carbocycles. The quantitative estimate of drug-likeness (QED) is 0.819. The van der Waals surface area contributed by atoms with Gasteiger partial charge in [0.25, 0.3) is 0 Å². The summed E-state index contributed by atoms with van der Waals surface area (Å²) in [5.74, 6) is -2.09. The van der Waals surface area contributed by atoms with E-state index in [9.17, 15) is 22.0 Å². The minimum absolute atomic E-state index is 0.0642. The third-order valence-electron chi connectivity index (χ3n) is 5.00. The summed E-state index contributed by atoms with van der Waals surface area (Å²) in [6.07, 6.45) is 4.49. The van der Waals surface area contributed by atoms with Crippen LogP contribution >= 0.6 is 0 Å². The Bertz CT molecular complexity index is 748. The first-order valence-electron chi connectivity index (χ1n) is 8.63. The molecule has 0 N–H and O–H groups in total. The second-order valence-electron chi connectivity index (χ2n) is 6.64. The van der Waals surface area contributed by atoms with Gasteiger partial charge in [0, 0.05) is 32.1 Å². The maximum Gasteiger partial charge on any atom is 0.243 e. The lowest BCUT2D eigenvalue weighted by atomic mass is 10.1. The Hall–Kier alpha value is -1.54. The Kier molecular flexibility index (Phi) is 5.38. The SMILES string of the molecule is O=C(C1CCCC1)N1CCCN(S(=O)(=O)c2ccc(F)c(F)c2)CC1. The standard InChI is InChI=1S/C17H22F2N2O3S/c18-15-7-6-14(12-16(15)19)25(23,24)21-9-3-8-20(10-11-21)17(22)13-4-1-2-5-13/h6-7,12-13H,1-5,8-11H2. The van der Waals surface area contributed by atoms with Crippen LogP contribution in [0.3, 0.4) is 0 Å². The van der Waals surface area contributed by atoms with E-state index in [2.05, 4.69) is 0 Å². The molecule has 2 aliphatic rings. The number of halogens is 2. The molecule has 0 aromatic heterocycles. The highest BCUT2D eigenvalue weighted by Crippen LogP contribution is 2.27. The second-order valence-corrected chi connectivity index (χ2v) is 8.58. The number of nitrogens with zero attached hydrogens (tertiary/aromatic N) is 2. The van der Waals surface area contributed by atoms with Gasteiger partial charge in [-0.05, 0) is 37.5 Å². The van der Waals surface area contributed by atoms with Gasteiger partial charge in [-0.3, -0.25) is 4.79 Å². The fourth-order valence-corrected chi connectivity index (χ4v) is 5.05. The Morgan fingerprint density at radius 1 is 0.960 bits per heavy atom. The normalized spacial score (nSPS) is 20.6. The molecular weight excluding hydrogens is 350 g/mol. The first kappa shape index (κ1) is 18.3. The number of carbonyl (C=O) groups excluding carboxylic acids is 1. The fraction of sp³-hybridized carbons (Fsp3) is 0.588. The molecule has 0 radical (unpaired) electrons. The van der Waals surface area contributed by atoms with Crippen molar-refractivity contribution in [2.24, 2.45) is 5.92 Å². The lowest BCUT2D eigenvalue weighted by Crippen LogP contribution is -2.39. The van der Waals surface area contributed by atoms with Crippen LogP contribution in [0.5, 0.6) is 0 Å². The van der Waals surface area contributed by atoms with Crippen LogP contribution in [0.25, 0.3) is 0 Å². The van der Waals surface area contributed by atoms with Crippen molar-refractivity contribution in [1.29, 1.82) is 0 Å². The first-order chi connectivity index (χ1) is 11.9. The van der Waals surface area contributed by atoms with E-state index < -0.39 is 21.7 Å². The van der Waals surface area contributed by atoms with Gasteiger partial charge in [0.05, 0.1) is 4.90 Å². The predicted molar refractivity (Wildman–Crippen MR) is 88.3 cm³/mol. The summed E-state index contributed by atoms with van der Waals surface area (Å²) in [6, 6.07) is 2.59. The maximum absolute atomic E-state index is 13.4. The second kappa shape index (κ2) is 7.37. The Morgan fingerprint density at radius 3 is 2.36 bits per heavy atom. The molecule has 1 aliphatic carbocycles. The van der Waals surface area contributed by atoms with Gasteiger partial charge in [0.2, 0.25) is 15.9 Å². The van der Waals surface area contributed by atoms with E-state index >= 15 is 0 Å². The number of sulfonamides is 1. The smallest absolute Gasteiger partial charge is 0.243 e. The maximum atomic E-state index is 13.4. The molecule has 138 valence electrons. The Morgan fingerprint density at radius 2 is 1.68 bits per heavy atom. The largest absolute Gasteiger partial charge is 0.341 e. The highest BCUT2D eigenvalue weighted by Gasteiger charge is 2.32. The van der Waals surface area contributed by atoms with E-state index in [1.54, 1.807) is 4.90 Å². The van der Waals surface area contributed by atoms with Crippen molar-refractivity contribution >= 4 is 15.9 Å². The molecule has 3 rings (SSSR count). The van der Waals surface area contributed by atoms with Crippen LogP contribution in [0.15, 0.2) is 23.1 Å². The van der Waals surface area contributed by atoms with Crippen LogP contribution in [0.1, 0.15) is 32.1 Å². The van der Waals surface area contributed by atoms with Gasteiger partial charge in [0.15, 0.2) is 11.6 Å². The van der Waals surface area contributed by atoms with Crippen LogP contribution < -0.4 is 0 Å². The zero-order valence-corrected chi connectivity index (χ0v) is 14.8. The molecule has 1 saturated heterocycles. The third kappa shape index (κ3) is 3.84. The van der Waals surface area contributed by atoms with Gasteiger partial charge < -0.3 is 4.90 Å². The number of hydrogen-bond donors (Lipinski definition) is 0. The number of carbonyl (C=O) groups is 1. The van der Waals surface area contributed by atoms with Crippen molar-refractivity contribution in [3.63, 3.8) is 0 Å². The van der Waals surface area contributed by atoms with Crippen molar-refractivity contribution in [2.75, 3.05) is 26.2 Å². The molecule has 0 spiro atoms. The minimum atomic E-state index is -3.90. The summed E-state index contributed by atoms with van der Waals surface area (Å²) in [5.41, 5.74) is 0. The third-order valence-corrected chi connectivity index (χ3v) is 6.89. The number of rotatable bonds is 3. The van der Waals surface area contributed by atoms with E-state index in [0.29, 0.717) is 25.6 Å². The summed E-state index contributed by atoms with van der Waals surface area (Å²) < 4.78 is 53.0. The molecule has 25 heavy (non-hydrogen) atoms. The average Bonchev–Trinajstić information content (AvgIpc) is 3.00. The molecule has 5 nitrogen and oxygen atoms in total. The van der Waals surface area contributed by atoms with Crippen molar-refractivity contribution < 1.29 is 22.0 Å². The minimum Gasteiger partial charge on any atom is -0.341 e. The van der Waals surface area contributed by atoms with Gasteiger partial charge in [-0.1, -0.05) is 12.8 Å². The van der Waals surface area contributed by atoms with Gasteiger partial charge in [-0.25, -0.2) is 17.2 Å². The molecule has 1 heterocycles. The van der Waals surface area contributed by atoms with Crippen LogP contribution in [0.4, 0.5) is 8.78 Å². The van der Waals surface area contributed by atoms with E-state index in [4.69, 9.17) is 0 Å². The highest BCUT2D eigenvalue weighted by molar-refractivity contribution is 7.89. The lowest BCUT2D eigenvalue weighted by Gasteiger charge is -2.24. The number of hydrogen-bond acceptors (Lipinski definition) is 3. The van der Waals surface area contributed by atoms with Gasteiger partial charge in [0.1, 0.15) is 0 Å². The van der Waals surface area contributed by atoms with E-state index in [1.807, 2.05) is 0 Å². The van der Waals surface area contributed by atoms with Gasteiger partial charge in [-0.15, -0.1) is 0 Å². The predicted octanol–water partition coefficient (Wildman–Crippen LogP) is 2.38. The summed E-state index contributed by atoms with van der Waals surface area (Å²) in [7, 11) is -3.90. The molecule has 1 aliphatic heterocycles. The fourth-order valence-electron chi connectivity index (χ4n) is 3.57. The molecule has 0 unspecified atom stereocenters. The molecule has 1 amide bonds. The molecule has 1 aromatic carbocycles. The highest BCUT2D eigenvalue weighted by atomic mass is 32.2. The molecule has 0 bridgehead atoms. The molecule has 0 atom stereocenters. The average molecular weight is 372 g/mol. The van der Waals surface area contributed by atoms with Gasteiger partial charge in [-0.2, -0.15) is 4.31 Å². The molecule has 8 heteroatoms. The van der Waals surface area contributed by atoms with Crippen LogP contribution in [-0.2, 0) is 14.8 Å². The van der Waals surface area contributed by atoms with E-state index in [1.165, 1.54) is 4.31 Å². The van der Waals surface area contributed by atoms with Crippen molar-refractivity contribution in [2.45, 2.75) is 37.0 Å². The zero-order valence-electron chi connectivity index (χ0n) is 14.0. The van der Waals surface area contributed by atoms with Crippen LogP contribution in [0, 0.1) is 17.6 Å². The number of amides is 1. The van der Waals surface area contributed by atoms with Crippen molar-refractivity contribution in [3.05, 3.63) is 29.8 Å². The van der Waals surface area contributed by atoms with Crippen LogP contribution in [0.2, 0.25) is 0 Å². The van der Waals surface area contributed by atoms with Gasteiger partial charge >= 0.3 is 0 Å². The van der Waals surface area contributed by atoms with Crippen molar-refractivity contribution in [1.82, 2.24) is 9.21 Å². The molecule has 1 aromatic rings. The Labute approximate surface area is 146 Å². The molecule has 2 fully saturated rings. The summed E-state index contributed by atoms with van der Waals surface area (Å²) in [4.78, 5) is 14.0. The topological polar surface area (TPSA) is 57.7 Å². The lowest BCUT2D eigenvalue weighted by molar-refractivity contribution is -0.135. The van der Waals surface area contributed by atoms with E-state index in [-0.39, 0.29) is 29.8 Å². The first-order valence-corrected chi connectivity index (χ1v) is 10.1. The summed E-state index contributed by atoms with van der Waals surface area (Å²) in [6.45, 7) is 1.28. The zero-order chi connectivity index (χ0) is 18.0.